The molecule has 7 nitrogen and oxygen atoms in total. The van der Waals surface area contributed by atoms with Gasteiger partial charge in [0.25, 0.3) is 10.0 Å². The first kappa shape index (κ1) is 30.8. The van der Waals surface area contributed by atoms with Crippen LogP contribution in [0.3, 0.4) is 0 Å². The molecule has 0 saturated carbocycles. The van der Waals surface area contributed by atoms with E-state index in [1.807, 2.05) is 13.8 Å². The van der Waals surface area contributed by atoms with Gasteiger partial charge < -0.3 is 10.2 Å². The molecule has 208 valence electrons. The molecular formula is C28H30Cl3N3O4S. The largest absolute Gasteiger partial charge is 0.354 e. The second-order valence-corrected chi connectivity index (χ2v) is 12.5. The number of anilines is 1. The summed E-state index contributed by atoms with van der Waals surface area (Å²) in [6, 6.07) is 18.1. The zero-order valence-electron chi connectivity index (χ0n) is 21.8. The highest BCUT2D eigenvalue weighted by Gasteiger charge is 2.33. The molecule has 0 aliphatic heterocycles. The molecule has 1 N–H and O–H groups in total. The van der Waals surface area contributed by atoms with Gasteiger partial charge >= 0.3 is 0 Å². The third kappa shape index (κ3) is 7.88. The normalized spacial score (nSPS) is 12.2. The summed E-state index contributed by atoms with van der Waals surface area (Å²) in [4.78, 5) is 28.2. The van der Waals surface area contributed by atoms with Crippen molar-refractivity contribution >= 4 is 62.3 Å². The Morgan fingerprint density at radius 2 is 1.51 bits per heavy atom. The number of nitrogens with zero attached hydrogens (tertiary/aromatic N) is 2. The number of sulfonamides is 1. The molecule has 3 aromatic carbocycles. The van der Waals surface area contributed by atoms with Crippen molar-refractivity contribution in [1.29, 1.82) is 0 Å². The van der Waals surface area contributed by atoms with Gasteiger partial charge in [0.1, 0.15) is 12.6 Å². The molecule has 3 aromatic rings. The van der Waals surface area contributed by atoms with Crippen LogP contribution in [-0.4, -0.2) is 44.3 Å². The topological polar surface area (TPSA) is 86.8 Å². The van der Waals surface area contributed by atoms with Crippen molar-refractivity contribution in [2.24, 2.45) is 5.92 Å². The number of amides is 2. The minimum absolute atomic E-state index is 0.0116. The molecule has 0 saturated heterocycles. The first-order valence-corrected chi connectivity index (χ1v) is 14.8. The number of rotatable bonds is 11. The van der Waals surface area contributed by atoms with Gasteiger partial charge in [0.2, 0.25) is 11.8 Å². The molecule has 0 aromatic heterocycles. The molecule has 0 heterocycles. The van der Waals surface area contributed by atoms with Gasteiger partial charge in [-0.2, -0.15) is 0 Å². The van der Waals surface area contributed by atoms with Crippen LogP contribution < -0.4 is 9.62 Å². The number of carbonyl (C=O) groups excluding carboxylic acids is 2. The number of carbonyl (C=O) groups is 2. The quantitative estimate of drug-likeness (QED) is 0.287. The summed E-state index contributed by atoms with van der Waals surface area (Å²) in [5.74, 6) is -0.786. The maximum atomic E-state index is 13.9. The Labute approximate surface area is 244 Å². The number of hydrogen-bond acceptors (Lipinski definition) is 4. The van der Waals surface area contributed by atoms with Crippen LogP contribution in [0.4, 0.5) is 5.69 Å². The maximum absolute atomic E-state index is 13.9. The predicted molar refractivity (Wildman–Crippen MR) is 157 cm³/mol. The lowest BCUT2D eigenvalue weighted by atomic mass is 10.1. The van der Waals surface area contributed by atoms with Gasteiger partial charge in [0.05, 0.1) is 15.6 Å². The van der Waals surface area contributed by atoms with Crippen LogP contribution >= 0.6 is 34.8 Å². The highest BCUT2D eigenvalue weighted by atomic mass is 35.5. The Bertz CT molecular complexity index is 1420. The SMILES string of the molecule is CC(C)CNC(=O)[C@H](C)N(Cc1ccccc1Cl)C(=O)CN(c1ccc(Cl)cc1Cl)S(=O)(=O)c1ccccc1. The Morgan fingerprint density at radius 1 is 0.872 bits per heavy atom. The third-order valence-electron chi connectivity index (χ3n) is 5.94. The Kier molecular flexibility index (Phi) is 10.7. The molecule has 0 unspecified atom stereocenters. The molecule has 0 aliphatic rings. The third-order valence-corrected chi connectivity index (χ3v) is 8.62. The van der Waals surface area contributed by atoms with Crippen LogP contribution in [0.15, 0.2) is 77.7 Å². The average Bonchev–Trinajstić information content (AvgIpc) is 2.90. The Morgan fingerprint density at radius 3 is 2.13 bits per heavy atom. The molecule has 3 rings (SSSR count). The summed E-state index contributed by atoms with van der Waals surface area (Å²) in [5, 5.41) is 3.62. The van der Waals surface area contributed by atoms with Crippen molar-refractivity contribution in [2.45, 2.75) is 38.3 Å². The monoisotopic (exact) mass is 609 g/mol. The predicted octanol–water partition coefficient (Wildman–Crippen LogP) is 6.03. The molecule has 0 fully saturated rings. The Hall–Kier alpha value is -2.78. The molecular weight excluding hydrogens is 581 g/mol. The van der Waals surface area contributed by atoms with Gasteiger partial charge in [-0.05, 0) is 54.8 Å². The van der Waals surface area contributed by atoms with E-state index >= 15 is 0 Å². The number of benzene rings is 3. The van der Waals surface area contributed by atoms with E-state index < -0.39 is 28.5 Å². The van der Waals surface area contributed by atoms with Crippen molar-refractivity contribution in [3.05, 3.63) is 93.4 Å². The van der Waals surface area contributed by atoms with Gasteiger partial charge in [-0.1, -0.05) is 85.0 Å². The molecule has 11 heteroatoms. The van der Waals surface area contributed by atoms with Crippen molar-refractivity contribution < 1.29 is 18.0 Å². The molecule has 0 bridgehead atoms. The lowest BCUT2D eigenvalue weighted by Gasteiger charge is -2.32. The van der Waals surface area contributed by atoms with Gasteiger partial charge in [0.15, 0.2) is 0 Å². The van der Waals surface area contributed by atoms with Gasteiger partial charge in [-0.3, -0.25) is 13.9 Å². The van der Waals surface area contributed by atoms with Crippen LogP contribution in [-0.2, 0) is 26.2 Å². The van der Waals surface area contributed by atoms with Crippen molar-refractivity contribution in [3.8, 4) is 0 Å². The molecule has 0 aliphatic carbocycles. The van der Waals surface area contributed by atoms with E-state index in [0.29, 0.717) is 22.2 Å². The lowest BCUT2D eigenvalue weighted by Crippen LogP contribution is -2.51. The smallest absolute Gasteiger partial charge is 0.264 e. The summed E-state index contributed by atoms with van der Waals surface area (Å²) in [6.45, 7) is 5.30. The zero-order chi connectivity index (χ0) is 28.7. The number of hydrogen-bond donors (Lipinski definition) is 1. The van der Waals surface area contributed by atoms with Crippen molar-refractivity contribution in [1.82, 2.24) is 10.2 Å². The standard InChI is InChI=1S/C28H30Cl3N3O4S/c1-19(2)16-32-28(36)20(3)33(17-21-9-7-8-12-24(21)30)27(35)18-34(26-14-13-22(29)15-25(26)31)39(37,38)23-10-5-4-6-11-23/h4-15,19-20H,16-18H2,1-3H3,(H,32,36)/t20-/m0/s1. The second kappa shape index (κ2) is 13.5. The Balaban J connectivity index is 2.04. The summed E-state index contributed by atoms with van der Waals surface area (Å²) >= 11 is 18.9. The van der Waals surface area contributed by atoms with Gasteiger partial charge in [-0.25, -0.2) is 8.42 Å². The highest BCUT2D eigenvalue weighted by molar-refractivity contribution is 7.92. The van der Waals surface area contributed by atoms with Gasteiger partial charge in [0, 0.05) is 23.1 Å². The van der Waals surface area contributed by atoms with Crippen molar-refractivity contribution in [2.75, 3.05) is 17.4 Å². The van der Waals surface area contributed by atoms with Gasteiger partial charge in [-0.15, -0.1) is 0 Å². The zero-order valence-corrected chi connectivity index (χ0v) is 24.9. The van der Waals surface area contributed by atoms with Crippen LogP contribution in [0.1, 0.15) is 26.3 Å². The fourth-order valence-corrected chi connectivity index (χ4v) is 5.97. The summed E-state index contributed by atoms with van der Waals surface area (Å²) in [7, 11) is -4.23. The minimum atomic E-state index is -4.23. The maximum Gasteiger partial charge on any atom is 0.264 e. The molecule has 39 heavy (non-hydrogen) atoms. The minimum Gasteiger partial charge on any atom is -0.354 e. The summed E-state index contributed by atoms with van der Waals surface area (Å²) < 4.78 is 28.5. The molecule has 0 radical (unpaired) electrons. The van der Waals surface area contributed by atoms with Crippen LogP contribution in [0.25, 0.3) is 0 Å². The molecule has 0 spiro atoms. The van der Waals surface area contributed by atoms with Crippen LogP contribution in [0.5, 0.6) is 0 Å². The van der Waals surface area contributed by atoms with E-state index in [-0.39, 0.29) is 34.0 Å². The first-order chi connectivity index (χ1) is 18.4. The highest BCUT2D eigenvalue weighted by Crippen LogP contribution is 2.33. The van der Waals surface area contributed by atoms with E-state index in [1.54, 1.807) is 49.4 Å². The van der Waals surface area contributed by atoms with E-state index in [1.165, 1.54) is 35.2 Å². The summed E-state index contributed by atoms with van der Waals surface area (Å²) in [6.07, 6.45) is 0. The van der Waals surface area contributed by atoms with E-state index in [9.17, 15) is 18.0 Å². The lowest BCUT2D eigenvalue weighted by molar-refractivity contribution is -0.139. The van der Waals surface area contributed by atoms with Crippen molar-refractivity contribution in [3.63, 3.8) is 0 Å². The second-order valence-electron chi connectivity index (χ2n) is 9.35. The fourth-order valence-electron chi connectivity index (χ4n) is 3.76. The van der Waals surface area contributed by atoms with Crippen LogP contribution in [0, 0.1) is 5.92 Å². The fraction of sp³-hybridized carbons (Fsp3) is 0.286. The first-order valence-electron chi connectivity index (χ1n) is 12.2. The van der Waals surface area contributed by atoms with E-state index in [4.69, 9.17) is 34.8 Å². The van der Waals surface area contributed by atoms with E-state index in [0.717, 1.165) is 4.31 Å². The number of halogens is 3. The van der Waals surface area contributed by atoms with Crippen LogP contribution in [0.2, 0.25) is 15.1 Å². The summed E-state index contributed by atoms with van der Waals surface area (Å²) in [5.41, 5.74) is 0.686. The number of nitrogens with one attached hydrogen (secondary N) is 1. The average molecular weight is 611 g/mol. The molecule has 2 amide bonds. The molecule has 1 atom stereocenters. The van der Waals surface area contributed by atoms with E-state index in [2.05, 4.69) is 5.32 Å².